The first-order valence-electron chi connectivity index (χ1n) is 12.1. The highest BCUT2D eigenvalue weighted by atomic mass is 79.9. The van der Waals surface area contributed by atoms with E-state index in [0.717, 1.165) is 75.9 Å². The molecular formula is C29H25BrClN5. The Morgan fingerprint density at radius 3 is 2.28 bits per heavy atom. The number of anilines is 1. The molecule has 0 saturated carbocycles. The van der Waals surface area contributed by atoms with E-state index in [1.165, 1.54) is 5.56 Å². The highest BCUT2D eigenvalue weighted by Crippen LogP contribution is 2.37. The fourth-order valence-corrected chi connectivity index (χ4v) is 5.37. The van der Waals surface area contributed by atoms with E-state index in [1.54, 1.807) is 6.33 Å². The van der Waals surface area contributed by atoms with Gasteiger partial charge in [0.15, 0.2) is 5.65 Å². The number of rotatable bonds is 5. The van der Waals surface area contributed by atoms with E-state index >= 15 is 0 Å². The molecule has 1 saturated heterocycles. The Balaban J connectivity index is 1.36. The Kier molecular flexibility index (Phi) is 6.48. The van der Waals surface area contributed by atoms with E-state index in [1.807, 2.05) is 18.2 Å². The molecule has 0 unspecified atom stereocenters. The third-order valence-electron chi connectivity index (χ3n) is 6.78. The van der Waals surface area contributed by atoms with Crippen LogP contribution in [-0.2, 0) is 6.54 Å². The molecular weight excluding hydrogens is 534 g/mol. The average molecular weight is 559 g/mol. The van der Waals surface area contributed by atoms with Crippen molar-refractivity contribution < 1.29 is 0 Å². The minimum Gasteiger partial charge on any atom is -0.353 e. The predicted molar refractivity (Wildman–Crippen MR) is 151 cm³/mol. The van der Waals surface area contributed by atoms with E-state index in [9.17, 15) is 0 Å². The van der Waals surface area contributed by atoms with Crippen molar-refractivity contribution in [3.05, 3.63) is 106 Å². The van der Waals surface area contributed by atoms with Crippen molar-refractivity contribution in [1.82, 2.24) is 19.4 Å². The quantitative estimate of drug-likeness (QED) is 0.237. The van der Waals surface area contributed by atoms with Crippen molar-refractivity contribution in [2.24, 2.45) is 0 Å². The third-order valence-corrected chi connectivity index (χ3v) is 7.67. The maximum absolute atomic E-state index is 6.41. The lowest BCUT2D eigenvalue weighted by Crippen LogP contribution is -2.46. The van der Waals surface area contributed by atoms with E-state index in [-0.39, 0.29) is 0 Å². The van der Waals surface area contributed by atoms with Crippen LogP contribution in [0.4, 0.5) is 5.82 Å². The molecule has 1 aliphatic rings. The summed E-state index contributed by atoms with van der Waals surface area (Å²) >= 11 is 9.96. The number of fused-ring (bicyclic) bond motifs is 1. The third kappa shape index (κ3) is 4.52. The van der Waals surface area contributed by atoms with Gasteiger partial charge in [-0.15, -0.1) is 0 Å². The van der Waals surface area contributed by atoms with Crippen molar-refractivity contribution in [1.29, 1.82) is 0 Å². The van der Waals surface area contributed by atoms with Gasteiger partial charge in [-0.05, 0) is 41.5 Å². The molecule has 7 heteroatoms. The lowest BCUT2D eigenvalue weighted by molar-refractivity contribution is 0.249. The largest absolute Gasteiger partial charge is 0.353 e. The van der Waals surface area contributed by atoms with Crippen molar-refractivity contribution in [3.8, 4) is 16.8 Å². The topological polar surface area (TPSA) is 37.2 Å². The lowest BCUT2D eigenvalue weighted by atomic mass is 10.1. The minimum atomic E-state index is 0.833. The van der Waals surface area contributed by atoms with Gasteiger partial charge in [0.2, 0.25) is 0 Å². The van der Waals surface area contributed by atoms with Crippen molar-refractivity contribution in [2.75, 3.05) is 31.1 Å². The highest BCUT2D eigenvalue weighted by Gasteiger charge is 2.24. The SMILES string of the molecule is Clc1ccccc1CN1CCN(c2ncnc3c2c(-c2ccccc2)cn3-c2ccc(Br)cc2)CC1. The Hall–Kier alpha value is -3.19. The smallest absolute Gasteiger partial charge is 0.150 e. The van der Waals surface area contributed by atoms with Gasteiger partial charge in [-0.1, -0.05) is 76.1 Å². The monoisotopic (exact) mass is 557 g/mol. The molecule has 6 rings (SSSR count). The summed E-state index contributed by atoms with van der Waals surface area (Å²) in [5, 5.41) is 1.92. The molecule has 3 aromatic carbocycles. The molecule has 0 aliphatic carbocycles. The molecule has 180 valence electrons. The molecule has 2 aromatic heterocycles. The van der Waals surface area contributed by atoms with Crippen molar-refractivity contribution in [3.63, 3.8) is 0 Å². The van der Waals surface area contributed by atoms with Gasteiger partial charge < -0.3 is 9.47 Å². The van der Waals surface area contributed by atoms with Crippen LogP contribution in [0.5, 0.6) is 0 Å². The van der Waals surface area contributed by atoms with Crippen LogP contribution in [0.15, 0.2) is 95.9 Å². The fraction of sp³-hybridized carbons (Fsp3) is 0.172. The number of halogens is 2. The van der Waals surface area contributed by atoms with E-state index in [4.69, 9.17) is 21.6 Å². The number of hydrogen-bond donors (Lipinski definition) is 0. The summed E-state index contributed by atoms with van der Waals surface area (Å²) in [6, 6.07) is 26.9. The molecule has 36 heavy (non-hydrogen) atoms. The molecule has 1 fully saturated rings. The molecule has 0 N–H and O–H groups in total. The van der Waals surface area contributed by atoms with Gasteiger partial charge in [0.25, 0.3) is 0 Å². The Morgan fingerprint density at radius 2 is 1.53 bits per heavy atom. The highest BCUT2D eigenvalue weighted by molar-refractivity contribution is 9.10. The van der Waals surface area contributed by atoms with Gasteiger partial charge in [0, 0.05) is 59.7 Å². The van der Waals surface area contributed by atoms with Crippen LogP contribution < -0.4 is 4.90 Å². The van der Waals surface area contributed by atoms with Crippen LogP contribution in [0.1, 0.15) is 5.56 Å². The zero-order valence-electron chi connectivity index (χ0n) is 19.7. The van der Waals surface area contributed by atoms with Gasteiger partial charge in [0.1, 0.15) is 12.1 Å². The Morgan fingerprint density at radius 1 is 0.806 bits per heavy atom. The van der Waals surface area contributed by atoms with Gasteiger partial charge in [-0.25, -0.2) is 9.97 Å². The van der Waals surface area contributed by atoms with Gasteiger partial charge in [-0.3, -0.25) is 4.90 Å². The number of hydrogen-bond acceptors (Lipinski definition) is 4. The summed E-state index contributed by atoms with van der Waals surface area (Å²) in [6.07, 6.45) is 3.88. The van der Waals surface area contributed by atoms with Crippen LogP contribution >= 0.6 is 27.5 Å². The summed E-state index contributed by atoms with van der Waals surface area (Å²) in [5.74, 6) is 0.993. The Bertz CT molecular complexity index is 1490. The van der Waals surface area contributed by atoms with Crippen LogP contribution in [-0.4, -0.2) is 45.6 Å². The van der Waals surface area contributed by atoms with E-state index in [2.05, 4.69) is 97.2 Å². The molecule has 3 heterocycles. The fourth-order valence-electron chi connectivity index (χ4n) is 4.91. The molecule has 0 amide bonds. The van der Waals surface area contributed by atoms with Gasteiger partial charge in [0.05, 0.1) is 5.39 Å². The first-order valence-corrected chi connectivity index (χ1v) is 13.2. The maximum Gasteiger partial charge on any atom is 0.150 e. The molecule has 5 aromatic rings. The molecule has 5 nitrogen and oxygen atoms in total. The van der Waals surface area contributed by atoms with Crippen LogP contribution in [0, 0.1) is 0 Å². The van der Waals surface area contributed by atoms with Crippen molar-refractivity contribution in [2.45, 2.75) is 6.54 Å². The van der Waals surface area contributed by atoms with E-state index < -0.39 is 0 Å². The van der Waals surface area contributed by atoms with Crippen LogP contribution in [0.25, 0.3) is 27.8 Å². The molecule has 1 aliphatic heterocycles. The number of nitrogens with zero attached hydrogens (tertiary/aromatic N) is 5. The lowest BCUT2D eigenvalue weighted by Gasteiger charge is -2.35. The molecule has 0 bridgehead atoms. The zero-order valence-corrected chi connectivity index (χ0v) is 22.0. The predicted octanol–water partition coefficient (Wildman–Crippen LogP) is 6.83. The summed E-state index contributed by atoms with van der Waals surface area (Å²) in [6.45, 7) is 4.56. The second-order valence-corrected chi connectivity index (χ2v) is 10.3. The molecule has 0 spiro atoms. The number of benzene rings is 3. The summed E-state index contributed by atoms with van der Waals surface area (Å²) < 4.78 is 3.22. The molecule has 0 radical (unpaired) electrons. The zero-order chi connectivity index (χ0) is 24.5. The second-order valence-electron chi connectivity index (χ2n) is 9.01. The average Bonchev–Trinajstić information content (AvgIpc) is 3.31. The van der Waals surface area contributed by atoms with E-state index in [0.29, 0.717) is 0 Å². The van der Waals surface area contributed by atoms with Crippen LogP contribution in [0.2, 0.25) is 5.02 Å². The first kappa shape index (κ1) is 23.2. The first-order chi connectivity index (χ1) is 17.7. The normalized spacial score (nSPS) is 14.4. The van der Waals surface area contributed by atoms with Crippen molar-refractivity contribution >= 4 is 44.4 Å². The number of piperazine rings is 1. The summed E-state index contributed by atoms with van der Waals surface area (Å²) in [4.78, 5) is 14.4. The minimum absolute atomic E-state index is 0.833. The summed E-state index contributed by atoms with van der Waals surface area (Å²) in [7, 11) is 0. The van der Waals surface area contributed by atoms with Gasteiger partial charge in [-0.2, -0.15) is 0 Å². The summed E-state index contributed by atoms with van der Waals surface area (Å²) in [5.41, 5.74) is 5.46. The standard InChI is InChI=1S/C29H25BrClN5/c30-23-10-12-24(13-11-23)36-19-25(21-6-2-1-3-7-21)27-28(32-20-33-29(27)36)35-16-14-34(15-17-35)18-22-8-4-5-9-26(22)31/h1-13,19-20H,14-18H2. The maximum atomic E-state index is 6.41. The second kappa shape index (κ2) is 10.1. The van der Waals surface area contributed by atoms with Gasteiger partial charge >= 0.3 is 0 Å². The number of aromatic nitrogens is 3. The molecule has 0 atom stereocenters. The van der Waals surface area contributed by atoms with Crippen LogP contribution in [0.3, 0.4) is 0 Å². The Labute approximate surface area is 224 Å².